The van der Waals surface area contributed by atoms with Gasteiger partial charge in [-0.05, 0) is 41.0 Å². The molecule has 0 fully saturated rings. The molecule has 1 N–H and O–H groups in total. The lowest BCUT2D eigenvalue weighted by Crippen LogP contribution is -2.09. The van der Waals surface area contributed by atoms with Gasteiger partial charge in [0.1, 0.15) is 11.5 Å². The maximum Gasteiger partial charge on any atom is 0.180 e. The van der Waals surface area contributed by atoms with Crippen LogP contribution in [-0.4, -0.2) is 26.8 Å². The number of hydrogen-bond donors (Lipinski definition) is 1. The second-order valence-corrected chi connectivity index (χ2v) is 6.02. The topological polar surface area (TPSA) is 55.6 Å². The first-order chi connectivity index (χ1) is 9.58. The zero-order valence-corrected chi connectivity index (χ0v) is 14.5. The molecule has 20 heavy (non-hydrogen) atoms. The molecule has 0 radical (unpaired) electrons. The molecule has 0 aliphatic heterocycles. The van der Waals surface area contributed by atoms with Crippen LogP contribution in [-0.2, 0) is 6.54 Å². The molecule has 5 nitrogen and oxygen atoms in total. The van der Waals surface area contributed by atoms with Gasteiger partial charge in [-0.1, -0.05) is 20.8 Å². The molecule has 0 aromatic carbocycles. The lowest BCUT2D eigenvalue weighted by atomic mass is 10.1. The van der Waals surface area contributed by atoms with Gasteiger partial charge >= 0.3 is 0 Å². The highest BCUT2D eigenvalue weighted by Gasteiger charge is 2.17. The number of nitrogens with one attached hydrogen (secondary N) is 1. The number of nitrogens with zero attached hydrogens (tertiary/aromatic N) is 4. The van der Waals surface area contributed by atoms with Gasteiger partial charge in [0.2, 0.25) is 0 Å². The van der Waals surface area contributed by atoms with Crippen molar-refractivity contribution >= 4 is 28.4 Å². The first-order valence-corrected chi connectivity index (χ1v) is 7.93. The van der Waals surface area contributed by atoms with E-state index in [2.05, 4.69) is 58.8 Å². The third-order valence-corrected chi connectivity index (χ3v) is 4.11. The van der Waals surface area contributed by atoms with Crippen LogP contribution in [0.25, 0.3) is 11.5 Å². The Morgan fingerprint density at radius 3 is 2.70 bits per heavy atom. The van der Waals surface area contributed by atoms with Gasteiger partial charge in [-0.25, -0.2) is 9.97 Å². The number of aromatic nitrogens is 4. The molecule has 2 rings (SSSR count). The molecule has 0 unspecified atom stereocenters. The van der Waals surface area contributed by atoms with Gasteiger partial charge < -0.3 is 5.32 Å². The molecule has 2 heterocycles. The first kappa shape index (κ1) is 15.2. The largest absolute Gasteiger partial charge is 0.372 e. The summed E-state index contributed by atoms with van der Waals surface area (Å²) < 4.78 is 3.05. The average molecular weight is 385 g/mol. The molecule has 2 aromatic heterocycles. The smallest absolute Gasteiger partial charge is 0.180 e. The van der Waals surface area contributed by atoms with Gasteiger partial charge in [0.15, 0.2) is 5.82 Å². The SMILES string of the molecule is CCCn1nccc1-c1nc(NC)c(I)c(C(C)C)n1. The lowest BCUT2D eigenvalue weighted by Gasteiger charge is -2.14. The molecule has 6 heteroatoms. The monoisotopic (exact) mass is 385 g/mol. The predicted molar refractivity (Wildman–Crippen MR) is 89.9 cm³/mol. The summed E-state index contributed by atoms with van der Waals surface area (Å²) in [5.41, 5.74) is 2.05. The van der Waals surface area contributed by atoms with E-state index in [4.69, 9.17) is 4.98 Å². The van der Waals surface area contributed by atoms with Crippen LogP contribution in [0.2, 0.25) is 0 Å². The van der Waals surface area contributed by atoms with E-state index in [1.807, 2.05) is 17.8 Å². The molecule has 0 atom stereocenters. The summed E-state index contributed by atoms with van der Waals surface area (Å²) in [6, 6.07) is 1.97. The molecule has 2 aromatic rings. The molecule has 0 amide bonds. The lowest BCUT2D eigenvalue weighted by molar-refractivity contribution is 0.606. The van der Waals surface area contributed by atoms with E-state index >= 15 is 0 Å². The van der Waals surface area contributed by atoms with Crippen molar-refractivity contribution in [3.63, 3.8) is 0 Å². The van der Waals surface area contributed by atoms with Crippen molar-refractivity contribution in [2.75, 3.05) is 12.4 Å². The van der Waals surface area contributed by atoms with E-state index in [0.717, 1.165) is 39.6 Å². The first-order valence-electron chi connectivity index (χ1n) is 6.85. The Morgan fingerprint density at radius 1 is 1.35 bits per heavy atom. The van der Waals surface area contributed by atoms with E-state index in [9.17, 15) is 0 Å². The van der Waals surface area contributed by atoms with Gasteiger partial charge in [0.25, 0.3) is 0 Å². The minimum atomic E-state index is 0.360. The zero-order valence-electron chi connectivity index (χ0n) is 12.3. The highest BCUT2D eigenvalue weighted by Crippen LogP contribution is 2.28. The van der Waals surface area contributed by atoms with Crippen LogP contribution in [0.15, 0.2) is 12.3 Å². The summed E-state index contributed by atoms with van der Waals surface area (Å²) in [5.74, 6) is 1.98. The maximum atomic E-state index is 4.75. The average Bonchev–Trinajstić information content (AvgIpc) is 2.87. The molecule has 0 saturated heterocycles. The van der Waals surface area contributed by atoms with Crippen LogP contribution in [0.5, 0.6) is 0 Å². The van der Waals surface area contributed by atoms with E-state index < -0.39 is 0 Å². The van der Waals surface area contributed by atoms with Crippen molar-refractivity contribution < 1.29 is 0 Å². The van der Waals surface area contributed by atoms with Crippen LogP contribution in [0.4, 0.5) is 5.82 Å². The second kappa shape index (κ2) is 6.51. The summed E-state index contributed by atoms with van der Waals surface area (Å²) >= 11 is 2.31. The van der Waals surface area contributed by atoms with Gasteiger partial charge in [0, 0.05) is 19.8 Å². The molecular formula is C14H20IN5. The number of anilines is 1. The summed E-state index contributed by atoms with van der Waals surface area (Å²) in [6.07, 6.45) is 2.84. The summed E-state index contributed by atoms with van der Waals surface area (Å²) in [7, 11) is 1.89. The Kier molecular flexibility index (Phi) is 4.95. The van der Waals surface area contributed by atoms with E-state index in [1.54, 1.807) is 6.20 Å². The molecule has 0 aliphatic rings. The van der Waals surface area contributed by atoms with Crippen molar-refractivity contribution in [3.05, 3.63) is 21.5 Å². The molecular weight excluding hydrogens is 365 g/mol. The van der Waals surface area contributed by atoms with Crippen molar-refractivity contribution in [2.24, 2.45) is 0 Å². The summed E-state index contributed by atoms with van der Waals surface area (Å²) in [6.45, 7) is 7.32. The zero-order chi connectivity index (χ0) is 14.7. The molecule has 0 bridgehead atoms. The van der Waals surface area contributed by atoms with Crippen LogP contribution in [0.3, 0.4) is 0 Å². The number of rotatable bonds is 5. The van der Waals surface area contributed by atoms with E-state index in [1.165, 1.54) is 0 Å². The fraction of sp³-hybridized carbons (Fsp3) is 0.500. The summed E-state index contributed by atoms with van der Waals surface area (Å²) in [4.78, 5) is 9.37. The Labute approximate surface area is 133 Å². The number of aryl methyl sites for hydroxylation is 1. The number of halogens is 1. The minimum Gasteiger partial charge on any atom is -0.372 e. The molecule has 0 aliphatic carbocycles. The Morgan fingerprint density at radius 2 is 2.10 bits per heavy atom. The van der Waals surface area contributed by atoms with Crippen LogP contribution < -0.4 is 5.32 Å². The quantitative estimate of drug-likeness (QED) is 0.801. The van der Waals surface area contributed by atoms with E-state index in [-0.39, 0.29) is 0 Å². The van der Waals surface area contributed by atoms with Crippen LogP contribution in [0, 0.1) is 3.57 Å². The number of hydrogen-bond acceptors (Lipinski definition) is 4. The standard InChI is InChI=1S/C14H20IN5/c1-5-8-20-10(6-7-17-20)13-18-12(9(2)3)11(15)14(16-4)19-13/h6-7,9H,5,8H2,1-4H3,(H,16,18,19). The normalized spacial score (nSPS) is 11.1. The molecule has 108 valence electrons. The highest BCUT2D eigenvalue weighted by atomic mass is 127. The Hall–Kier alpha value is -1.18. The van der Waals surface area contributed by atoms with Gasteiger partial charge in [-0.2, -0.15) is 5.10 Å². The predicted octanol–water partition coefficient (Wildman–Crippen LogP) is 3.52. The van der Waals surface area contributed by atoms with Crippen LogP contribution >= 0.6 is 22.6 Å². The molecule has 0 saturated carbocycles. The third kappa shape index (κ3) is 2.94. The summed E-state index contributed by atoms with van der Waals surface area (Å²) in [5, 5.41) is 7.51. The van der Waals surface area contributed by atoms with Crippen LogP contribution in [0.1, 0.15) is 38.8 Å². The van der Waals surface area contributed by atoms with E-state index in [0.29, 0.717) is 5.92 Å². The minimum absolute atomic E-state index is 0.360. The second-order valence-electron chi connectivity index (χ2n) is 4.94. The van der Waals surface area contributed by atoms with Crippen molar-refractivity contribution in [2.45, 2.75) is 39.7 Å². The Bertz CT molecular complexity index is 591. The van der Waals surface area contributed by atoms with Gasteiger partial charge in [-0.15, -0.1) is 0 Å². The Balaban J connectivity index is 2.56. The fourth-order valence-corrected chi connectivity index (χ4v) is 3.17. The highest BCUT2D eigenvalue weighted by molar-refractivity contribution is 14.1. The third-order valence-electron chi connectivity index (χ3n) is 3.04. The van der Waals surface area contributed by atoms with Gasteiger partial charge in [0.05, 0.1) is 9.26 Å². The van der Waals surface area contributed by atoms with Crippen molar-refractivity contribution in [1.82, 2.24) is 19.7 Å². The van der Waals surface area contributed by atoms with Crippen molar-refractivity contribution in [1.29, 1.82) is 0 Å². The maximum absolute atomic E-state index is 4.75. The molecule has 0 spiro atoms. The van der Waals surface area contributed by atoms with Gasteiger partial charge in [-0.3, -0.25) is 4.68 Å². The fourth-order valence-electron chi connectivity index (χ4n) is 2.04. The van der Waals surface area contributed by atoms with Crippen molar-refractivity contribution in [3.8, 4) is 11.5 Å².